The zero-order valence-electron chi connectivity index (χ0n) is 17.2. The van der Waals surface area contributed by atoms with Crippen LogP contribution in [0.25, 0.3) is 22.0 Å². The minimum absolute atomic E-state index is 0.250. The van der Waals surface area contributed by atoms with Crippen molar-refractivity contribution in [2.75, 3.05) is 11.1 Å². The quantitative estimate of drug-likeness (QED) is 0.248. The number of nitrogens with zero attached hydrogens (tertiary/aromatic N) is 1. The van der Waals surface area contributed by atoms with Crippen molar-refractivity contribution in [1.82, 2.24) is 9.97 Å². The van der Waals surface area contributed by atoms with Crippen LogP contribution >= 0.6 is 0 Å². The van der Waals surface area contributed by atoms with Crippen LogP contribution in [0.15, 0.2) is 65.6 Å². The SMILES string of the molecule is CC(C)(O)c1ccc(-c2cc3cc[nH]c(=O)c3c(Nc3ccc(C=N)c(N)c3)n2)cc1. The Kier molecular flexibility index (Phi) is 5.04. The van der Waals surface area contributed by atoms with Gasteiger partial charge in [0.25, 0.3) is 5.56 Å². The Labute approximate surface area is 179 Å². The molecule has 0 aliphatic heterocycles. The molecule has 0 fully saturated rings. The van der Waals surface area contributed by atoms with Gasteiger partial charge in [0.1, 0.15) is 5.82 Å². The summed E-state index contributed by atoms with van der Waals surface area (Å²) in [5.74, 6) is 0.405. The second-order valence-corrected chi connectivity index (χ2v) is 7.88. The maximum atomic E-state index is 12.5. The normalized spacial score (nSPS) is 11.5. The number of nitrogen functional groups attached to an aromatic ring is 1. The molecule has 2 aromatic carbocycles. The standard InChI is InChI=1S/C24H23N5O2/c1-24(2,31)17-6-3-14(4-7-17)20-11-15-9-10-27-23(30)21(15)22(29-20)28-18-8-5-16(13-25)19(26)12-18/h3-13,25,31H,26H2,1-2H3,(H,27,30)(H,28,29). The number of hydrogen-bond acceptors (Lipinski definition) is 6. The Morgan fingerprint density at radius 1 is 1.13 bits per heavy atom. The first-order chi connectivity index (χ1) is 14.8. The fraction of sp³-hybridized carbons (Fsp3) is 0.125. The maximum Gasteiger partial charge on any atom is 0.259 e. The largest absolute Gasteiger partial charge is 0.398 e. The Bertz CT molecular complexity index is 1340. The third-order valence-electron chi connectivity index (χ3n) is 5.15. The van der Waals surface area contributed by atoms with Crippen molar-refractivity contribution in [1.29, 1.82) is 5.41 Å². The molecule has 2 aromatic heterocycles. The average Bonchev–Trinajstić information content (AvgIpc) is 2.73. The van der Waals surface area contributed by atoms with Gasteiger partial charge in [-0.2, -0.15) is 0 Å². The van der Waals surface area contributed by atoms with E-state index >= 15 is 0 Å². The highest BCUT2D eigenvalue weighted by atomic mass is 16.3. The number of benzene rings is 2. The molecule has 0 atom stereocenters. The number of nitrogens with two attached hydrogens (primary N) is 1. The highest BCUT2D eigenvalue weighted by Crippen LogP contribution is 2.30. The lowest BCUT2D eigenvalue weighted by Crippen LogP contribution is -2.15. The molecule has 0 unspecified atom stereocenters. The summed E-state index contributed by atoms with van der Waals surface area (Å²) in [6, 6.07) is 16.4. The number of aromatic amines is 1. The van der Waals surface area contributed by atoms with Gasteiger partial charge in [-0.05, 0) is 55.1 Å². The molecule has 156 valence electrons. The lowest BCUT2D eigenvalue weighted by molar-refractivity contribution is 0.0786. The predicted molar refractivity (Wildman–Crippen MR) is 125 cm³/mol. The molecule has 0 saturated carbocycles. The van der Waals surface area contributed by atoms with Gasteiger partial charge in [-0.25, -0.2) is 4.98 Å². The molecule has 0 spiro atoms. The van der Waals surface area contributed by atoms with Crippen molar-refractivity contribution in [3.05, 3.63) is 82.3 Å². The Morgan fingerprint density at radius 3 is 2.52 bits per heavy atom. The highest BCUT2D eigenvalue weighted by Gasteiger charge is 2.16. The predicted octanol–water partition coefficient (Wildman–Crippen LogP) is 4.14. The number of pyridine rings is 2. The number of aromatic nitrogens is 2. The van der Waals surface area contributed by atoms with Gasteiger partial charge in [-0.3, -0.25) is 4.79 Å². The Hall–Kier alpha value is -3.97. The zero-order valence-corrected chi connectivity index (χ0v) is 17.2. The van der Waals surface area contributed by atoms with Gasteiger partial charge in [-0.15, -0.1) is 0 Å². The van der Waals surface area contributed by atoms with E-state index in [1.165, 1.54) is 6.21 Å². The number of hydrogen-bond donors (Lipinski definition) is 5. The average molecular weight is 413 g/mol. The first-order valence-corrected chi connectivity index (χ1v) is 9.79. The number of H-pyrrole nitrogens is 1. The number of rotatable bonds is 5. The summed E-state index contributed by atoms with van der Waals surface area (Å²) in [4.78, 5) is 19.9. The molecule has 6 N–H and O–H groups in total. The Morgan fingerprint density at radius 2 is 1.87 bits per heavy atom. The summed E-state index contributed by atoms with van der Waals surface area (Å²) in [7, 11) is 0. The van der Waals surface area contributed by atoms with E-state index in [-0.39, 0.29) is 5.56 Å². The molecule has 0 saturated heterocycles. The van der Waals surface area contributed by atoms with Crippen molar-refractivity contribution in [2.45, 2.75) is 19.4 Å². The van der Waals surface area contributed by atoms with Gasteiger partial charge in [0.2, 0.25) is 0 Å². The third-order valence-corrected chi connectivity index (χ3v) is 5.15. The molecule has 4 rings (SSSR count). The number of anilines is 3. The molecule has 7 nitrogen and oxygen atoms in total. The van der Waals surface area contributed by atoms with Crippen LogP contribution < -0.4 is 16.6 Å². The van der Waals surface area contributed by atoms with Crippen LogP contribution in [0.4, 0.5) is 17.2 Å². The van der Waals surface area contributed by atoms with Crippen LogP contribution in [0.1, 0.15) is 25.0 Å². The smallest absolute Gasteiger partial charge is 0.259 e. The van der Waals surface area contributed by atoms with Gasteiger partial charge in [0.05, 0.1) is 16.7 Å². The first kappa shape index (κ1) is 20.3. The van der Waals surface area contributed by atoms with E-state index in [0.717, 1.165) is 16.5 Å². The van der Waals surface area contributed by atoms with E-state index in [0.29, 0.717) is 33.8 Å². The van der Waals surface area contributed by atoms with E-state index in [1.54, 1.807) is 38.2 Å². The van der Waals surface area contributed by atoms with Crippen LogP contribution in [-0.2, 0) is 5.60 Å². The van der Waals surface area contributed by atoms with Crippen LogP contribution in [0, 0.1) is 5.41 Å². The van der Waals surface area contributed by atoms with Crippen molar-refractivity contribution < 1.29 is 5.11 Å². The second kappa shape index (κ2) is 7.70. The summed E-state index contributed by atoms with van der Waals surface area (Å²) in [5.41, 5.74) is 8.89. The van der Waals surface area contributed by atoms with Gasteiger partial charge >= 0.3 is 0 Å². The van der Waals surface area contributed by atoms with Crippen molar-refractivity contribution in [3.63, 3.8) is 0 Å². The number of aliphatic hydroxyl groups is 1. The molecule has 0 aliphatic rings. The summed E-state index contributed by atoms with van der Waals surface area (Å²) in [5, 5.41) is 22.0. The van der Waals surface area contributed by atoms with Crippen LogP contribution in [0.3, 0.4) is 0 Å². The summed E-state index contributed by atoms with van der Waals surface area (Å²) >= 11 is 0. The van der Waals surface area contributed by atoms with Gasteiger partial charge in [0.15, 0.2) is 0 Å². The highest BCUT2D eigenvalue weighted by molar-refractivity contribution is 5.95. The third kappa shape index (κ3) is 4.04. The first-order valence-electron chi connectivity index (χ1n) is 9.79. The van der Waals surface area contributed by atoms with Crippen LogP contribution in [0.2, 0.25) is 0 Å². The molecule has 4 aromatic rings. The second-order valence-electron chi connectivity index (χ2n) is 7.88. The maximum absolute atomic E-state index is 12.5. The van der Waals surface area contributed by atoms with E-state index in [2.05, 4.69) is 10.3 Å². The van der Waals surface area contributed by atoms with E-state index in [9.17, 15) is 9.90 Å². The summed E-state index contributed by atoms with van der Waals surface area (Å²) in [6.07, 6.45) is 2.79. The summed E-state index contributed by atoms with van der Waals surface area (Å²) in [6.45, 7) is 3.47. The lowest BCUT2D eigenvalue weighted by atomic mass is 9.96. The van der Waals surface area contributed by atoms with Crippen LogP contribution in [0.5, 0.6) is 0 Å². The summed E-state index contributed by atoms with van der Waals surface area (Å²) < 4.78 is 0. The molecule has 2 heterocycles. The number of fused-ring (bicyclic) bond motifs is 1. The molecule has 7 heteroatoms. The number of nitrogens with one attached hydrogen (secondary N) is 3. The fourth-order valence-corrected chi connectivity index (χ4v) is 3.42. The van der Waals surface area contributed by atoms with Crippen molar-refractivity contribution >= 4 is 34.2 Å². The van der Waals surface area contributed by atoms with Crippen LogP contribution in [-0.4, -0.2) is 21.3 Å². The topological polar surface area (TPSA) is 128 Å². The fourth-order valence-electron chi connectivity index (χ4n) is 3.42. The van der Waals surface area contributed by atoms with Crippen molar-refractivity contribution in [3.8, 4) is 11.3 Å². The molecule has 0 radical (unpaired) electrons. The van der Waals surface area contributed by atoms with Gasteiger partial charge in [-0.1, -0.05) is 24.3 Å². The minimum Gasteiger partial charge on any atom is -0.398 e. The molecular formula is C24H23N5O2. The van der Waals surface area contributed by atoms with Crippen molar-refractivity contribution in [2.24, 2.45) is 0 Å². The Balaban J connectivity index is 1.83. The molecule has 0 amide bonds. The molecule has 0 aliphatic carbocycles. The van der Waals surface area contributed by atoms with Gasteiger partial charge in [0, 0.05) is 34.9 Å². The lowest BCUT2D eigenvalue weighted by Gasteiger charge is -2.18. The van der Waals surface area contributed by atoms with E-state index in [1.807, 2.05) is 36.4 Å². The van der Waals surface area contributed by atoms with E-state index < -0.39 is 5.60 Å². The molecule has 0 bridgehead atoms. The minimum atomic E-state index is -0.933. The zero-order chi connectivity index (χ0) is 22.2. The van der Waals surface area contributed by atoms with E-state index in [4.69, 9.17) is 16.1 Å². The monoisotopic (exact) mass is 413 g/mol. The van der Waals surface area contributed by atoms with Gasteiger partial charge < -0.3 is 26.6 Å². The molecular weight excluding hydrogens is 390 g/mol. The molecule has 31 heavy (non-hydrogen) atoms.